The van der Waals surface area contributed by atoms with Crippen molar-refractivity contribution in [1.29, 1.82) is 0 Å². The SMILES string of the molecule is CC(=O)N1CCN(C(=O)[C@H](NC(=O)c2cccs2)S(=O)(=O)c2ccc(F)cc2)CC1. The van der Waals surface area contributed by atoms with Crippen molar-refractivity contribution in [3.63, 3.8) is 0 Å². The molecule has 2 heterocycles. The maximum absolute atomic E-state index is 13.3. The fourth-order valence-electron chi connectivity index (χ4n) is 3.04. The van der Waals surface area contributed by atoms with Crippen LogP contribution in [0.2, 0.25) is 0 Å². The first kappa shape index (κ1) is 21.9. The van der Waals surface area contributed by atoms with E-state index in [0.717, 1.165) is 35.6 Å². The molecule has 30 heavy (non-hydrogen) atoms. The van der Waals surface area contributed by atoms with Crippen LogP contribution in [0.15, 0.2) is 46.7 Å². The van der Waals surface area contributed by atoms with E-state index < -0.39 is 32.8 Å². The Morgan fingerprint density at radius 2 is 1.63 bits per heavy atom. The zero-order chi connectivity index (χ0) is 21.9. The minimum Gasteiger partial charge on any atom is -0.339 e. The summed E-state index contributed by atoms with van der Waals surface area (Å²) in [6.07, 6.45) is 0. The van der Waals surface area contributed by atoms with Gasteiger partial charge >= 0.3 is 0 Å². The third-order valence-electron chi connectivity index (χ3n) is 4.72. The molecule has 0 unspecified atom stereocenters. The van der Waals surface area contributed by atoms with E-state index in [1.54, 1.807) is 16.3 Å². The van der Waals surface area contributed by atoms with Crippen LogP contribution in [-0.4, -0.2) is 67.5 Å². The number of nitrogens with zero attached hydrogens (tertiary/aromatic N) is 2. The predicted molar refractivity (Wildman–Crippen MR) is 108 cm³/mol. The molecule has 0 bridgehead atoms. The Morgan fingerprint density at radius 1 is 1.03 bits per heavy atom. The van der Waals surface area contributed by atoms with Gasteiger partial charge in [-0.1, -0.05) is 6.07 Å². The summed E-state index contributed by atoms with van der Waals surface area (Å²) in [7, 11) is -4.35. The quantitative estimate of drug-likeness (QED) is 0.683. The molecule has 3 rings (SSSR count). The van der Waals surface area contributed by atoms with Gasteiger partial charge in [-0.2, -0.15) is 0 Å². The standard InChI is InChI=1S/C19H20FN3O5S2/c1-13(24)22-8-10-23(11-9-22)19(26)18(21-17(25)16-3-2-12-29-16)30(27,28)15-6-4-14(20)5-7-15/h2-7,12,18H,8-11H2,1H3,(H,21,25)/t18-/m1/s1. The van der Waals surface area contributed by atoms with Gasteiger partial charge < -0.3 is 15.1 Å². The highest BCUT2D eigenvalue weighted by molar-refractivity contribution is 7.92. The highest BCUT2D eigenvalue weighted by Gasteiger charge is 2.39. The number of nitrogens with one attached hydrogen (secondary N) is 1. The van der Waals surface area contributed by atoms with Crippen molar-refractivity contribution < 1.29 is 27.2 Å². The number of amides is 3. The van der Waals surface area contributed by atoms with E-state index in [9.17, 15) is 27.2 Å². The maximum Gasteiger partial charge on any atom is 0.262 e. The lowest BCUT2D eigenvalue weighted by Gasteiger charge is -2.35. The van der Waals surface area contributed by atoms with E-state index in [4.69, 9.17) is 0 Å². The summed E-state index contributed by atoms with van der Waals surface area (Å²) in [4.78, 5) is 40.0. The zero-order valence-corrected chi connectivity index (χ0v) is 17.7. The van der Waals surface area contributed by atoms with Gasteiger partial charge in [0.15, 0.2) is 0 Å². The lowest BCUT2D eigenvalue weighted by Crippen LogP contribution is -2.57. The summed E-state index contributed by atoms with van der Waals surface area (Å²) in [5, 5.41) is 2.10. The number of hydrogen-bond acceptors (Lipinski definition) is 6. The number of piperazine rings is 1. The van der Waals surface area contributed by atoms with Gasteiger partial charge in [0.25, 0.3) is 11.8 Å². The van der Waals surface area contributed by atoms with E-state index >= 15 is 0 Å². The molecule has 1 fully saturated rings. The first-order chi connectivity index (χ1) is 14.2. The first-order valence-electron chi connectivity index (χ1n) is 9.08. The Bertz CT molecular complexity index is 1030. The van der Waals surface area contributed by atoms with E-state index in [2.05, 4.69) is 5.32 Å². The summed E-state index contributed by atoms with van der Waals surface area (Å²) < 4.78 is 39.6. The van der Waals surface area contributed by atoms with Crippen molar-refractivity contribution in [2.75, 3.05) is 26.2 Å². The molecular formula is C19H20FN3O5S2. The minimum absolute atomic E-state index is 0.136. The average Bonchev–Trinajstić information content (AvgIpc) is 3.26. The molecule has 1 atom stereocenters. The number of carbonyl (C=O) groups is 3. The molecule has 1 aromatic heterocycles. The second-order valence-electron chi connectivity index (χ2n) is 6.66. The van der Waals surface area contributed by atoms with Crippen LogP contribution in [0.4, 0.5) is 4.39 Å². The average molecular weight is 454 g/mol. The number of hydrogen-bond donors (Lipinski definition) is 1. The molecule has 1 aliphatic rings. The highest BCUT2D eigenvalue weighted by Crippen LogP contribution is 2.19. The number of rotatable bonds is 5. The van der Waals surface area contributed by atoms with E-state index in [-0.39, 0.29) is 41.9 Å². The number of thiophene rings is 1. The number of benzene rings is 1. The van der Waals surface area contributed by atoms with Crippen LogP contribution >= 0.6 is 11.3 Å². The molecule has 0 aliphatic carbocycles. The fourth-order valence-corrected chi connectivity index (χ4v) is 5.13. The van der Waals surface area contributed by atoms with Crippen LogP contribution < -0.4 is 5.32 Å². The molecule has 1 aromatic carbocycles. The molecule has 1 aliphatic heterocycles. The van der Waals surface area contributed by atoms with Crippen molar-refractivity contribution in [3.8, 4) is 0 Å². The minimum atomic E-state index is -4.35. The Hall–Kier alpha value is -2.79. The molecule has 3 amide bonds. The molecule has 11 heteroatoms. The monoisotopic (exact) mass is 453 g/mol. The first-order valence-corrected chi connectivity index (χ1v) is 11.5. The number of sulfone groups is 1. The van der Waals surface area contributed by atoms with Crippen LogP contribution in [0.1, 0.15) is 16.6 Å². The van der Waals surface area contributed by atoms with Crippen molar-refractivity contribution in [2.45, 2.75) is 17.2 Å². The Kier molecular flexibility index (Phi) is 6.52. The van der Waals surface area contributed by atoms with Gasteiger partial charge in [0.2, 0.25) is 21.1 Å². The molecule has 0 spiro atoms. The summed E-state index contributed by atoms with van der Waals surface area (Å²) in [5.41, 5.74) is 0. The van der Waals surface area contributed by atoms with Gasteiger partial charge in [0.05, 0.1) is 9.77 Å². The fraction of sp³-hybridized carbons (Fsp3) is 0.316. The molecule has 0 radical (unpaired) electrons. The van der Waals surface area contributed by atoms with Crippen LogP contribution in [0.3, 0.4) is 0 Å². The van der Waals surface area contributed by atoms with Crippen molar-refractivity contribution in [3.05, 3.63) is 52.5 Å². The molecule has 0 saturated carbocycles. The summed E-state index contributed by atoms with van der Waals surface area (Å²) in [5.74, 6) is -2.26. The number of halogens is 1. The highest BCUT2D eigenvalue weighted by atomic mass is 32.2. The van der Waals surface area contributed by atoms with Crippen LogP contribution in [-0.2, 0) is 19.4 Å². The predicted octanol–water partition coefficient (Wildman–Crippen LogP) is 1.11. The van der Waals surface area contributed by atoms with Crippen LogP contribution in [0.25, 0.3) is 0 Å². The second-order valence-corrected chi connectivity index (χ2v) is 9.64. The largest absolute Gasteiger partial charge is 0.339 e. The van der Waals surface area contributed by atoms with Crippen molar-refractivity contribution in [2.24, 2.45) is 0 Å². The zero-order valence-electron chi connectivity index (χ0n) is 16.1. The molecular weight excluding hydrogens is 433 g/mol. The molecule has 1 N–H and O–H groups in total. The van der Waals surface area contributed by atoms with Gasteiger partial charge in [-0.15, -0.1) is 11.3 Å². The van der Waals surface area contributed by atoms with Gasteiger partial charge in [0, 0.05) is 33.1 Å². The van der Waals surface area contributed by atoms with E-state index in [1.165, 1.54) is 17.9 Å². The summed E-state index contributed by atoms with van der Waals surface area (Å²) >= 11 is 1.11. The molecule has 2 aromatic rings. The van der Waals surface area contributed by atoms with Crippen LogP contribution in [0.5, 0.6) is 0 Å². The van der Waals surface area contributed by atoms with Gasteiger partial charge in [-0.25, -0.2) is 12.8 Å². The molecule has 1 saturated heterocycles. The molecule has 160 valence electrons. The van der Waals surface area contributed by atoms with Crippen molar-refractivity contribution >= 4 is 38.9 Å². The third-order valence-corrected chi connectivity index (χ3v) is 7.46. The Labute approximate surface area is 177 Å². The Balaban J connectivity index is 1.89. The summed E-state index contributed by atoms with van der Waals surface area (Å²) in [6, 6.07) is 7.19. The normalized spacial score (nSPS) is 15.5. The Morgan fingerprint density at radius 3 is 2.17 bits per heavy atom. The van der Waals surface area contributed by atoms with Gasteiger partial charge in [-0.05, 0) is 35.7 Å². The van der Waals surface area contributed by atoms with Crippen molar-refractivity contribution in [1.82, 2.24) is 15.1 Å². The smallest absolute Gasteiger partial charge is 0.262 e. The molecule has 8 nitrogen and oxygen atoms in total. The lowest BCUT2D eigenvalue weighted by molar-refractivity contribution is -0.138. The lowest BCUT2D eigenvalue weighted by atomic mass is 10.3. The van der Waals surface area contributed by atoms with Crippen LogP contribution in [0, 0.1) is 5.82 Å². The second kappa shape index (κ2) is 8.92. The summed E-state index contributed by atoms with van der Waals surface area (Å²) in [6.45, 7) is 2.23. The third kappa shape index (κ3) is 4.68. The van der Waals surface area contributed by atoms with Gasteiger partial charge in [-0.3, -0.25) is 14.4 Å². The van der Waals surface area contributed by atoms with E-state index in [0.29, 0.717) is 0 Å². The number of carbonyl (C=O) groups excluding carboxylic acids is 3. The van der Waals surface area contributed by atoms with Gasteiger partial charge in [0.1, 0.15) is 5.82 Å². The van der Waals surface area contributed by atoms with E-state index in [1.807, 2.05) is 0 Å². The maximum atomic E-state index is 13.3. The topological polar surface area (TPSA) is 104 Å².